The standard InChI is InChI=1S/C30H37NO6/c1-6-27(32)20(2)16-21(3)28(36-18-24-12-14-26(35-5)15-13-24)22(4)29(33)31-25(19-37-30(31)34)17-23-10-8-7-9-11-23/h6-15,20-22,25,28H,1,16-19H2,2-5H3/t20-,21+,22-,25-,28+/m1/s1. The molecule has 1 heterocycles. The Hall–Kier alpha value is -3.45. The van der Waals surface area contributed by atoms with Crippen LogP contribution in [0.5, 0.6) is 5.75 Å². The SMILES string of the molecule is C=CC(=O)[C@H](C)C[C@H](C)[C@H](OCc1ccc(OC)cc1)[C@@H](C)C(=O)N1C(=O)OC[C@H]1Cc1ccccc1. The van der Waals surface area contributed by atoms with E-state index in [-0.39, 0.29) is 42.8 Å². The van der Waals surface area contributed by atoms with Crippen LogP contribution in [0.15, 0.2) is 67.3 Å². The van der Waals surface area contributed by atoms with Crippen molar-refractivity contribution in [1.82, 2.24) is 4.90 Å². The number of rotatable bonds is 13. The molecular weight excluding hydrogens is 470 g/mol. The maximum absolute atomic E-state index is 13.7. The second-order valence-corrected chi connectivity index (χ2v) is 9.76. The van der Waals surface area contributed by atoms with E-state index in [1.165, 1.54) is 11.0 Å². The number of allylic oxidation sites excluding steroid dienone is 1. The van der Waals surface area contributed by atoms with Gasteiger partial charge in [-0.05, 0) is 48.1 Å². The van der Waals surface area contributed by atoms with Gasteiger partial charge < -0.3 is 14.2 Å². The monoisotopic (exact) mass is 507 g/mol. The van der Waals surface area contributed by atoms with Crippen molar-refractivity contribution in [3.8, 4) is 5.75 Å². The van der Waals surface area contributed by atoms with Gasteiger partial charge in [0.25, 0.3) is 0 Å². The molecule has 0 aromatic heterocycles. The number of ketones is 1. The number of methoxy groups -OCH3 is 1. The summed E-state index contributed by atoms with van der Waals surface area (Å²) in [4.78, 5) is 39.8. The Labute approximate surface area is 219 Å². The van der Waals surface area contributed by atoms with Gasteiger partial charge in [0.2, 0.25) is 5.91 Å². The van der Waals surface area contributed by atoms with E-state index in [0.717, 1.165) is 16.9 Å². The Bertz CT molecular complexity index is 1070. The van der Waals surface area contributed by atoms with Crippen LogP contribution in [0, 0.1) is 17.8 Å². The Morgan fingerprint density at radius 3 is 2.38 bits per heavy atom. The zero-order valence-electron chi connectivity index (χ0n) is 22.1. The van der Waals surface area contributed by atoms with E-state index in [2.05, 4.69) is 6.58 Å². The number of hydrogen-bond donors (Lipinski definition) is 0. The third-order valence-corrected chi connectivity index (χ3v) is 6.97. The van der Waals surface area contributed by atoms with Crippen molar-refractivity contribution in [1.29, 1.82) is 0 Å². The molecule has 7 nitrogen and oxygen atoms in total. The van der Waals surface area contributed by atoms with Gasteiger partial charge in [0.05, 0.1) is 31.8 Å². The van der Waals surface area contributed by atoms with Crippen LogP contribution in [0.2, 0.25) is 0 Å². The van der Waals surface area contributed by atoms with Crippen LogP contribution < -0.4 is 4.74 Å². The van der Waals surface area contributed by atoms with Gasteiger partial charge in [-0.1, -0.05) is 69.8 Å². The fraction of sp³-hybridized carbons (Fsp3) is 0.433. The van der Waals surface area contributed by atoms with Crippen molar-refractivity contribution in [3.63, 3.8) is 0 Å². The molecule has 1 fully saturated rings. The van der Waals surface area contributed by atoms with Crippen LogP contribution >= 0.6 is 0 Å². The number of carbonyl (C=O) groups excluding carboxylic acids is 3. The summed E-state index contributed by atoms with van der Waals surface area (Å²) >= 11 is 0. The summed E-state index contributed by atoms with van der Waals surface area (Å²) in [7, 11) is 1.61. The normalized spacial score (nSPS) is 18.4. The second kappa shape index (κ2) is 13.2. The zero-order chi connectivity index (χ0) is 26.9. The van der Waals surface area contributed by atoms with Crippen LogP contribution in [-0.2, 0) is 32.1 Å². The third-order valence-electron chi connectivity index (χ3n) is 6.97. The smallest absolute Gasteiger partial charge is 0.416 e. The maximum atomic E-state index is 13.7. The first-order chi connectivity index (χ1) is 17.7. The van der Waals surface area contributed by atoms with E-state index in [9.17, 15) is 14.4 Å². The van der Waals surface area contributed by atoms with Crippen molar-refractivity contribution >= 4 is 17.8 Å². The average Bonchev–Trinajstić information content (AvgIpc) is 3.27. The van der Waals surface area contributed by atoms with Gasteiger partial charge >= 0.3 is 6.09 Å². The van der Waals surface area contributed by atoms with Crippen LogP contribution in [0.25, 0.3) is 0 Å². The van der Waals surface area contributed by atoms with Gasteiger partial charge in [0.15, 0.2) is 5.78 Å². The number of amides is 2. The average molecular weight is 508 g/mol. The fourth-order valence-corrected chi connectivity index (χ4v) is 4.85. The molecule has 2 aromatic carbocycles. The number of benzene rings is 2. The van der Waals surface area contributed by atoms with Crippen LogP contribution in [-0.4, -0.2) is 48.5 Å². The second-order valence-electron chi connectivity index (χ2n) is 9.76. The number of nitrogens with zero attached hydrogens (tertiary/aromatic N) is 1. The molecule has 0 unspecified atom stereocenters. The van der Waals surface area contributed by atoms with E-state index in [0.29, 0.717) is 12.8 Å². The van der Waals surface area contributed by atoms with Crippen molar-refractivity contribution in [3.05, 3.63) is 78.4 Å². The van der Waals surface area contributed by atoms with E-state index < -0.39 is 18.1 Å². The summed E-state index contributed by atoms with van der Waals surface area (Å²) in [6.45, 7) is 9.62. The quantitative estimate of drug-likeness (QED) is 0.346. The molecule has 1 aliphatic rings. The van der Waals surface area contributed by atoms with E-state index in [1.807, 2.05) is 68.4 Å². The summed E-state index contributed by atoms with van der Waals surface area (Å²) in [6.07, 6.45) is 1.21. The number of carbonyl (C=O) groups is 3. The van der Waals surface area contributed by atoms with E-state index in [4.69, 9.17) is 14.2 Å². The summed E-state index contributed by atoms with van der Waals surface area (Å²) in [6, 6.07) is 16.9. The Balaban J connectivity index is 1.79. The fourth-order valence-electron chi connectivity index (χ4n) is 4.85. The first kappa shape index (κ1) is 28.1. The predicted molar refractivity (Wildman–Crippen MR) is 141 cm³/mol. The first-order valence-corrected chi connectivity index (χ1v) is 12.7. The molecule has 0 aliphatic carbocycles. The predicted octanol–water partition coefficient (Wildman–Crippen LogP) is 5.22. The highest BCUT2D eigenvalue weighted by Crippen LogP contribution is 2.29. The lowest BCUT2D eigenvalue weighted by molar-refractivity contribution is -0.141. The van der Waals surface area contributed by atoms with Gasteiger partial charge in [0.1, 0.15) is 12.4 Å². The molecule has 2 amide bonds. The van der Waals surface area contributed by atoms with Crippen LogP contribution in [0.4, 0.5) is 4.79 Å². The van der Waals surface area contributed by atoms with Crippen molar-refractivity contribution in [2.75, 3.05) is 13.7 Å². The molecule has 0 N–H and O–H groups in total. The molecular formula is C30H37NO6. The summed E-state index contributed by atoms with van der Waals surface area (Å²) in [5, 5.41) is 0. The lowest BCUT2D eigenvalue weighted by atomic mass is 9.84. The minimum Gasteiger partial charge on any atom is -0.497 e. The summed E-state index contributed by atoms with van der Waals surface area (Å²) < 4.78 is 16.8. The van der Waals surface area contributed by atoms with Gasteiger partial charge in [-0.25, -0.2) is 9.69 Å². The molecule has 37 heavy (non-hydrogen) atoms. The van der Waals surface area contributed by atoms with Crippen LogP contribution in [0.3, 0.4) is 0 Å². The lowest BCUT2D eigenvalue weighted by Crippen LogP contribution is -2.47. The molecule has 0 radical (unpaired) electrons. The molecule has 7 heteroatoms. The van der Waals surface area contributed by atoms with Crippen LogP contribution in [0.1, 0.15) is 38.3 Å². The minimum absolute atomic E-state index is 0.0502. The van der Waals surface area contributed by atoms with Gasteiger partial charge in [-0.15, -0.1) is 0 Å². The largest absolute Gasteiger partial charge is 0.497 e. The van der Waals surface area contributed by atoms with Crippen molar-refractivity contribution in [2.24, 2.45) is 17.8 Å². The third kappa shape index (κ3) is 7.29. The maximum Gasteiger partial charge on any atom is 0.416 e. The topological polar surface area (TPSA) is 82.1 Å². The molecule has 5 atom stereocenters. The Morgan fingerprint density at radius 1 is 1.08 bits per heavy atom. The molecule has 0 bridgehead atoms. The molecule has 3 rings (SSSR count). The minimum atomic E-state index is -0.636. The molecule has 0 spiro atoms. The van der Waals surface area contributed by atoms with Gasteiger partial charge in [-0.2, -0.15) is 0 Å². The van der Waals surface area contributed by atoms with E-state index >= 15 is 0 Å². The highest BCUT2D eigenvalue weighted by molar-refractivity contribution is 5.95. The number of cyclic esters (lactones) is 1. The highest BCUT2D eigenvalue weighted by atomic mass is 16.6. The Kier molecular flexibility index (Phi) is 10.0. The number of hydrogen-bond acceptors (Lipinski definition) is 6. The molecule has 0 saturated carbocycles. The molecule has 198 valence electrons. The molecule has 1 aliphatic heterocycles. The number of ether oxygens (including phenoxy) is 3. The molecule has 2 aromatic rings. The number of imide groups is 1. The highest BCUT2D eigenvalue weighted by Gasteiger charge is 2.43. The Morgan fingerprint density at radius 2 is 1.76 bits per heavy atom. The zero-order valence-corrected chi connectivity index (χ0v) is 22.1. The summed E-state index contributed by atoms with van der Waals surface area (Å²) in [5.41, 5.74) is 1.95. The van der Waals surface area contributed by atoms with Gasteiger partial charge in [-0.3, -0.25) is 9.59 Å². The lowest BCUT2D eigenvalue weighted by Gasteiger charge is -2.32. The first-order valence-electron chi connectivity index (χ1n) is 12.7. The molecule has 1 saturated heterocycles. The van der Waals surface area contributed by atoms with Crippen molar-refractivity contribution < 1.29 is 28.6 Å². The van der Waals surface area contributed by atoms with Crippen molar-refractivity contribution in [2.45, 2.75) is 52.4 Å². The van der Waals surface area contributed by atoms with Gasteiger partial charge in [0, 0.05) is 5.92 Å². The van der Waals surface area contributed by atoms with E-state index in [1.54, 1.807) is 14.0 Å². The summed E-state index contributed by atoms with van der Waals surface area (Å²) in [5.74, 6) is -0.676.